The minimum atomic E-state index is -0.125. The van der Waals surface area contributed by atoms with Crippen molar-refractivity contribution in [3.8, 4) is 0 Å². The molecule has 9 nitrogen and oxygen atoms in total. The molecule has 0 spiro atoms. The third-order valence-electron chi connectivity index (χ3n) is 7.67. The minimum absolute atomic E-state index is 0.125. The van der Waals surface area contributed by atoms with E-state index in [9.17, 15) is 4.79 Å². The van der Waals surface area contributed by atoms with Crippen LogP contribution >= 0.6 is 11.6 Å². The number of hydrogen-bond donors (Lipinski definition) is 3. The van der Waals surface area contributed by atoms with Crippen LogP contribution in [0.25, 0.3) is 11.7 Å². The Bertz CT molecular complexity index is 1420. The number of allylic oxidation sites excluding steroid dienone is 1. The fourth-order valence-corrected chi connectivity index (χ4v) is 5.40. The lowest BCUT2D eigenvalue weighted by Gasteiger charge is -2.35. The molecule has 1 amide bonds. The summed E-state index contributed by atoms with van der Waals surface area (Å²) in [7, 11) is 2.19. The Balaban J connectivity index is 1.28. The fourth-order valence-electron chi connectivity index (χ4n) is 5.21. The van der Waals surface area contributed by atoms with Crippen molar-refractivity contribution in [2.45, 2.75) is 19.3 Å². The first-order valence-corrected chi connectivity index (χ1v) is 13.5. The van der Waals surface area contributed by atoms with Crippen LogP contribution in [0.1, 0.15) is 24.8 Å². The number of benzene rings is 1. The first kappa shape index (κ1) is 24.9. The topological polar surface area (TPSA) is 89.8 Å². The van der Waals surface area contributed by atoms with Crippen LogP contribution in [-0.2, 0) is 4.79 Å². The van der Waals surface area contributed by atoms with Crippen molar-refractivity contribution in [1.82, 2.24) is 29.7 Å². The van der Waals surface area contributed by atoms with E-state index in [2.05, 4.69) is 44.5 Å². The van der Waals surface area contributed by atoms with Gasteiger partial charge in [0.2, 0.25) is 0 Å². The summed E-state index contributed by atoms with van der Waals surface area (Å²) in [4.78, 5) is 22.2. The van der Waals surface area contributed by atoms with Crippen molar-refractivity contribution in [2.24, 2.45) is 5.41 Å². The Morgan fingerprint density at radius 2 is 2.03 bits per heavy atom. The van der Waals surface area contributed by atoms with Crippen molar-refractivity contribution in [3.63, 3.8) is 0 Å². The normalized spacial score (nSPS) is 20.7. The number of aromatic nitrogens is 3. The van der Waals surface area contributed by atoms with Crippen molar-refractivity contribution in [2.75, 3.05) is 56.9 Å². The lowest BCUT2D eigenvalue weighted by molar-refractivity contribution is -0.115. The SMILES string of the molecule is C=C1C/C(=C\c2cnn3c(NCC4(CN5CCN(C)CC5)CC4)cc(Nc4cccc(Cl)c4)nc23)C(=O)N1. The van der Waals surface area contributed by atoms with Crippen LogP contribution in [0.2, 0.25) is 5.02 Å². The molecule has 1 saturated carbocycles. The average molecular weight is 533 g/mol. The number of rotatable bonds is 8. The molecule has 1 aliphatic carbocycles. The molecular formula is C28H33ClN8O. The molecule has 6 rings (SSSR count). The highest BCUT2D eigenvalue weighted by Crippen LogP contribution is 2.46. The van der Waals surface area contributed by atoms with E-state index < -0.39 is 0 Å². The number of hydrogen-bond acceptors (Lipinski definition) is 7. The van der Waals surface area contributed by atoms with Crippen LogP contribution in [0.5, 0.6) is 0 Å². The van der Waals surface area contributed by atoms with E-state index in [1.807, 2.05) is 40.9 Å². The van der Waals surface area contributed by atoms with E-state index in [-0.39, 0.29) is 11.3 Å². The second kappa shape index (κ2) is 10.1. The van der Waals surface area contributed by atoms with Gasteiger partial charge in [0.15, 0.2) is 5.65 Å². The maximum Gasteiger partial charge on any atom is 0.251 e. The summed E-state index contributed by atoms with van der Waals surface area (Å²) in [5.41, 5.74) is 3.93. The zero-order chi connectivity index (χ0) is 26.3. The molecule has 0 bridgehead atoms. The van der Waals surface area contributed by atoms with E-state index in [0.29, 0.717) is 34.2 Å². The van der Waals surface area contributed by atoms with Gasteiger partial charge in [-0.05, 0) is 44.2 Å². The molecule has 3 aromatic rings. The van der Waals surface area contributed by atoms with Crippen LogP contribution in [-0.4, -0.2) is 76.6 Å². The second-order valence-corrected chi connectivity index (χ2v) is 11.3. The molecule has 2 saturated heterocycles. The number of nitrogens with one attached hydrogen (secondary N) is 3. The third kappa shape index (κ3) is 5.41. The van der Waals surface area contributed by atoms with E-state index in [1.165, 1.54) is 12.8 Å². The van der Waals surface area contributed by atoms with Gasteiger partial charge in [-0.2, -0.15) is 9.61 Å². The van der Waals surface area contributed by atoms with Crippen molar-refractivity contribution < 1.29 is 4.79 Å². The number of likely N-dealkylation sites (N-methyl/N-ethyl adjacent to an activating group) is 1. The quantitative estimate of drug-likeness (QED) is 0.378. The molecule has 38 heavy (non-hydrogen) atoms. The molecule has 0 radical (unpaired) electrons. The largest absolute Gasteiger partial charge is 0.369 e. The first-order chi connectivity index (χ1) is 18.4. The van der Waals surface area contributed by atoms with Crippen LogP contribution in [0.3, 0.4) is 0 Å². The van der Waals surface area contributed by atoms with Crippen molar-refractivity contribution in [1.29, 1.82) is 0 Å². The Morgan fingerprint density at radius 1 is 1.21 bits per heavy atom. The van der Waals surface area contributed by atoms with Crippen LogP contribution < -0.4 is 16.0 Å². The highest BCUT2D eigenvalue weighted by molar-refractivity contribution is 6.30. The van der Waals surface area contributed by atoms with Crippen LogP contribution in [0, 0.1) is 5.41 Å². The molecule has 2 aromatic heterocycles. The Morgan fingerprint density at radius 3 is 2.74 bits per heavy atom. The molecule has 198 valence electrons. The lowest BCUT2D eigenvalue weighted by atomic mass is 10.1. The predicted octanol–water partition coefficient (Wildman–Crippen LogP) is 3.98. The Hall–Kier alpha value is -3.40. The number of piperazine rings is 1. The number of carbonyl (C=O) groups excluding carboxylic acids is 1. The van der Waals surface area contributed by atoms with Crippen molar-refractivity contribution >= 4 is 46.6 Å². The second-order valence-electron chi connectivity index (χ2n) is 10.8. The van der Waals surface area contributed by atoms with Gasteiger partial charge in [0.05, 0.1) is 6.20 Å². The molecule has 4 heterocycles. The molecule has 2 aliphatic heterocycles. The summed E-state index contributed by atoms with van der Waals surface area (Å²) in [5.74, 6) is 1.40. The fraction of sp³-hybridized carbons (Fsp3) is 0.393. The number of anilines is 3. The first-order valence-electron chi connectivity index (χ1n) is 13.1. The summed E-state index contributed by atoms with van der Waals surface area (Å²) in [6.07, 6.45) is 6.56. The monoisotopic (exact) mass is 532 g/mol. The molecule has 0 unspecified atom stereocenters. The van der Waals surface area contributed by atoms with Gasteiger partial charge in [-0.15, -0.1) is 0 Å². The maximum absolute atomic E-state index is 12.3. The number of carbonyl (C=O) groups is 1. The van der Waals surface area contributed by atoms with Crippen LogP contribution in [0.15, 0.2) is 54.4 Å². The van der Waals surface area contributed by atoms with E-state index in [0.717, 1.165) is 56.3 Å². The highest BCUT2D eigenvalue weighted by atomic mass is 35.5. The van der Waals surface area contributed by atoms with E-state index >= 15 is 0 Å². The number of fused-ring (bicyclic) bond motifs is 1. The highest BCUT2D eigenvalue weighted by Gasteiger charge is 2.44. The zero-order valence-electron chi connectivity index (χ0n) is 21.6. The van der Waals surface area contributed by atoms with Gasteiger partial charge in [-0.3, -0.25) is 4.79 Å². The summed E-state index contributed by atoms with van der Waals surface area (Å²) in [6, 6.07) is 9.54. The summed E-state index contributed by atoms with van der Waals surface area (Å²) >= 11 is 6.21. The van der Waals surface area contributed by atoms with Gasteiger partial charge in [0, 0.05) is 84.7 Å². The molecule has 1 aromatic carbocycles. The summed E-state index contributed by atoms with van der Waals surface area (Å²) in [5, 5.41) is 15.1. The van der Waals surface area contributed by atoms with E-state index in [1.54, 1.807) is 6.20 Å². The molecular weight excluding hydrogens is 500 g/mol. The smallest absolute Gasteiger partial charge is 0.251 e. The van der Waals surface area contributed by atoms with Crippen molar-refractivity contribution in [3.05, 3.63) is 65.0 Å². The summed E-state index contributed by atoms with van der Waals surface area (Å²) < 4.78 is 1.82. The molecule has 3 fully saturated rings. The third-order valence-corrected chi connectivity index (χ3v) is 7.90. The minimum Gasteiger partial charge on any atom is -0.369 e. The zero-order valence-corrected chi connectivity index (χ0v) is 22.4. The summed E-state index contributed by atoms with van der Waals surface area (Å²) in [6.45, 7) is 10.4. The number of amides is 1. The van der Waals surface area contributed by atoms with E-state index in [4.69, 9.17) is 16.6 Å². The van der Waals surface area contributed by atoms with Gasteiger partial charge in [-0.25, -0.2) is 4.98 Å². The number of nitrogens with zero attached hydrogens (tertiary/aromatic N) is 5. The molecule has 3 aliphatic rings. The van der Waals surface area contributed by atoms with Gasteiger partial charge in [0.25, 0.3) is 5.91 Å². The lowest BCUT2D eigenvalue weighted by Crippen LogP contribution is -2.47. The molecule has 0 atom stereocenters. The van der Waals surface area contributed by atoms with Gasteiger partial charge in [-0.1, -0.05) is 24.2 Å². The van der Waals surface area contributed by atoms with Gasteiger partial charge < -0.3 is 25.8 Å². The Kier molecular flexibility index (Phi) is 6.59. The van der Waals surface area contributed by atoms with Crippen LogP contribution in [0.4, 0.5) is 17.3 Å². The predicted molar refractivity (Wildman–Crippen MR) is 152 cm³/mol. The van der Waals surface area contributed by atoms with Gasteiger partial charge >= 0.3 is 0 Å². The average Bonchev–Trinajstić information content (AvgIpc) is 3.41. The Labute approximate surface area is 227 Å². The molecule has 3 N–H and O–H groups in total. The van der Waals surface area contributed by atoms with Gasteiger partial charge in [0.1, 0.15) is 11.6 Å². The molecule has 10 heteroatoms. The maximum atomic E-state index is 12.3. The number of halogens is 1. The standard InChI is InChI=1S/C28H33ClN8O/c1-19-12-20(27(38)32-19)13-21-16-31-37-25(15-24(34-26(21)37)33-23-5-3-4-22(29)14-23)30-17-28(6-7-28)18-36-10-8-35(2)9-11-36/h3-5,13-16,30H,1,6-12,17-18H2,2H3,(H,32,38)(H,33,34)/b20-13+.